The lowest BCUT2D eigenvalue weighted by molar-refractivity contribution is -0.148. The van der Waals surface area contributed by atoms with E-state index in [9.17, 15) is 4.79 Å². The molecule has 0 aliphatic heterocycles. The van der Waals surface area contributed by atoms with Gasteiger partial charge in [-0.1, -0.05) is 20.8 Å². The molecule has 0 rings (SSSR count). The second kappa shape index (κ2) is 9.34. The van der Waals surface area contributed by atoms with Crippen LogP contribution in [0.4, 0.5) is 0 Å². The van der Waals surface area contributed by atoms with Crippen molar-refractivity contribution in [3.05, 3.63) is 0 Å². The zero-order chi connectivity index (χ0) is 14.1. The zero-order valence-electron chi connectivity index (χ0n) is 12.9. The van der Waals surface area contributed by atoms with E-state index in [4.69, 9.17) is 4.74 Å². The monoisotopic (exact) mass is 258 g/mol. The molecule has 0 aliphatic rings. The van der Waals surface area contributed by atoms with Gasteiger partial charge in [0.1, 0.15) is 0 Å². The van der Waals surface area contributed by atoms with E-state index in [-0.39, 0.29) is 11.9 Å². The molecule has 0 fully saturated rings. The molecule has 0 saturated carbocycles. The Hall–Kier alpha value is -0.610. The van der Waals surface area contributed by atoms with Crippen LogP contribution in [0, 0.1) is 11.8 Å². The van der Waals surface area contributed by atoms with Crippen molar-refractivity contribution in [3.8, 4) is 0 Å². The van der Waals surface area contributed by atoms with Gasteiger partial charge in [-0.25, -0.2) is 0 Å². The van der Waals surface area contributed by atoms with Crippen LogP contribution >= 0.6 is 0 Å². The molecule has 0 radical (unpaired) electrons. The fraction of sp³-hybridized carbons (Fsp3) is 0.929. The molecular formula is C14H30N2O2. The van der Waals surface area contributed by atoms with E-state index in [0.717, 1.165) is 26.2 Å². The highest BCUT2D eigenvalue weighted by Gasteiger charge is 2.18. The summed E-state index contributed by atoms with van der Waals surface area (Å²) in [6.45, 7) is 12.5. The van der Waals surface area contributed by atoms with E-state index < -0.39 is 0 Å². The Morgan fingerprint density at radius 2 is 1.72 bits per heavy atom. The van der Waals surface area contributed by atoms with Crippen molar-refractivity contribution >= 4 is 5.97 Å². The lowest BCUT2D eigenvalue weighted by atomic mass is 10.1. The fourth-order valence-corrected chi connectivity index (χ4v) is 1.86. The lowest BCUT2D eigenvalue weighted by Gasteiger charge is -2.27. The Labute approximate surface area is 112 Å². The van der Waals surface area contributed by atoms with E-state index >= 15 is 0 Å². The van der Waals surface area contributed by atoms with Gasteiger partial charge in [-0.05, 0) is 26.9 Å². The maximum atomic E-state index is 11.6. The Kier molecular flexibility index (Phi) is 9.02. The van der Waals surface area contributed by atoms with Crippen molar-refractivity contribution < 1.29 is 9.53 Å². The number of hydrogen-bond acceptors (Lipinski definition) is 4. The highest BCUT2D eigenvalue weighted by atomic mass is 16.5. The van der Waals surface area contributed by atoms with Crippen molar-refractivity contribution in [2.75, 3.05) is 46.9 Å². The van der Waals surface area contributed by atoms with Crippen LogP contribution in [0.15, 0.2) is 0 Å². The largest absolute Gasteiger partial charge is 0.466 e. The normalized spacial score (nSPS) is 13.4. The number of carbonyl (C=O) groups excluding carboxylic acids is 1. The topological polar surface area (TPSA) is 32.8 Å². The summed E-state index contributed by atoms with van der Waals surface area (Å²) < 4.78 is 5.06. The first-order valence-corrected chi connectivity index (χ1v) is 6.90. The highest BCUT2D eigenvalue weighted by molar-refractivity contribution is 5.72. The summed E-state index contributed by atoms with van der Waals surface area (Å²) in [6, 6.07) is 0. The van der Waals surface area contributed by atoms with Gasteiger partial charge in [0.15, 0.2) is 0 Å². The van der Waals surface area contributed by atoms with Gasteiger partial charge in [-0.3, -0.25) is 4.79 Å². The van der Waals surface area contributed by atoms with Crippen LogP contribution in [-0.4, -0.2) is 62.7 Å². The van der Waals surface area contributed by atoms with Gasteiger partial charge < -0.3 is 14.5 Å². The maximum Gasteiger partial charge on any atom is 0.309 e. The first-order valence-electron chi connectivity index (χ1n) is 6.90. The first-order chi connectivity index (χ1) is 8.36. The number of esters is 1. The van der Waals surface area contributed by atoms with E-state index in [0.29, 0.717) is 12.5 Å². The Balaban J connectivity index is 4.24. The van der Waals surface area contributed by atoms with Gasteiger partial charge >= 0.3 is 5.97 Å². The molecule has 0 aromatic carbocycles. The van der Waals surface area contributed by atoms with Crippen molar-refractivity contribution in [1.82, 2.24) is 9.80 Å². The lowest BCUT2D eigenvalue weighted by Crippen LogP contribution is -2.39. The minimum absolute atomic E-state index is 0.0501. The second-order valence-electron chi connectivity index (χ2n) is 5.61. The Morgan fingerprint density at radius 3 is 2.17 bits per heavy atom. The van der Waals surface area contributed by atoms with Crippen LogP contribution in [0.2, 0.25) is 0 Å². The molecule has 0 saturated heterocycles. The molecule has 0 bridgehead atoms. The summed E-state index contributed by atoms with van der Waals surface area (Å²) in [5, 5.41) is 0. The maximum absolute atomic E-state index is 11.6. The number of hydrogen-bond donors (Lipinski definition) is 0. The number of rotatable bonds is 9. The van der Waals surface area contributed by atoms with Gasteiger partial charge in [-0.2, -0.15) is 0 Å². The average molecular weight is 258 g/mol. The van der Waals surface area contributed by atoms with Crippen molar-refractivity contribution in [2.24, 2.45) is 11.8 Å². The summed E-state index contributed by atoms with van der Waals surface area (Å²) in [5.41, 5.74) is 0. The Morgan fingerprint density at radius 1 is 1.11 bits per heavy atom. The molecule has 1 atom stereocenters. The molecular weight excluding hydrogens is 228 g/mol. The molecule has 1 unspecified atom stereocenters. The van der Waals surface area contributed by atoms with E-state index in [1.165, 1.54) is 0 Å². The molecule has 4 heteroatoms. The standard InChI is InChI=1S/C14H30N2O2/c1-7-18-14(17)13(4)11-16(10-12(2)3)9-8-15(5)6/h12-13H,7-11H2,1-6H3. The molecule has 0 aliphatic carbocycles. The summed E-state index contributed by atoms with van der Waals surface area (Å²) in [6.07, 6.45) is 0. The van der Waals surface area contributed by atoms with Gasteiger partial charge in [0.25, 0.3) is 0 Å². The number of likely N-dealkylation sites (N-methyl/N-ethyl adjacent to an activating group) is 1. The fourth-order valence-electron chi connectivity index (χ4n) is 1.86. The van der Waals surface area contributed by atoms with Crippen molar-refractivity contribution in [3.63, 3.8) is 0 Å². The molecule has 0 aromatic rings. The molecule has 4 nitrogen and oxygen atoms in total. The van der Waals surface area contributed by atoms with E-state index in [1.807, 2.05) is 13.8 Å². The Bertz CT molecular complexity index is 230. The molecule has 0 amide bonds. The van der Waals surface area contributed by atoms with Gasteiger partial charge in [0.2, 0.25) is 0 Å². The summed E-state index contributed by atoms with van der Waals surface area (Å²) >= 11 is 0. The molecule has 0 spiro atoms. The molecule has 0 aromatic heterocycles. The minimum atomic E-state index is -0.0869. The quantitative estimate of drug-likeness (QED) is 0.589. The molecule has 0 heterocycles. The van der Waals surface area contributed by atoms with Gasteiger partial charge in [0, 0.05) is 26.2 Å². The minimum Gasteiger partial charge on any atom is -0.466 e. The van der Waals surface area contributed by atoms with E-state index in [1.54, 1.807) is 0 Å². The second-order valence-corrected chi connectivity index (χ2v) is 5.61. The van der Waals surface area contributed by atoms with Crippen LogP contribution in [0.25, 0.3) is 0 Å². The van der Waals surface area contributed by atoms with Crippen LogP contribution in [0.3, 0.4) is 0 Å². The van der Waals surface area contributed by atoms with Gasteiger partial charge in [0.05, 0.1) is 12.5 Å². The predicted octanol–water partition coefficient (Wildman–Crippen LogP) is 1.71. The first kappa shape index (κ1) is 17.4. The predicted molar refractivity (Wildman–Crippen MR) is 75.6 cm³/mol. The van der Waals surface area contributed by atoms with Crippen molar-refractivity contribution in [2.45, 2.75) is 27.7 Å². The smallest absolute Gasteiger partial charge is 0.309 e. The van der Waals surface area contributed by atoms with Crippen molar-refractivity contribution in [1.29, 1.82) is 0 Å². The summed E-state index contributed by atoms with van der Waals surface area (Å²) in [4.78, 5) is 16.2. The van der Waals surface area contributed by atoms with Gasteiger partial charge in [-0.15, -0.1) is 0 Å². The third kappa shape index (κ3) is 8.48. The van der Waals surface area contributed by atoms with Crippen LogP contribution < -0.4 is 0 Å². The van der Waals surface area contributed by atoms with Crippen LogP contribution in [0.1, 0.15) is 27.7 Å². The summed E-state index contributed by atoms with van der Waals surface area (Å²) in [7, 11) is 4.14. The van der Waals surface area contributed by atoms with Crippen LogP contribution in [-0.2, 0) is 9.53 Å². The number of nitrogens with zero attached hydrogens (tertiary/aromatic N) is 2. The third-order valence-electron chi connectivity index (χ3n) is 2.71. The number of carbonyl (C=O) groups is 1. The average Bonchev–Trinajstić information content (AvgIpc) is 2.25. The van der Waals surface area contributed by atoms with Crippen LogP contribution in [0.5, 0.6) is 0 Å². The zero-order valence-corrected chi connectivity index (χ0v) is 12.9. The highest BCUT2D eigenvalue weighted by Crippen LogP contribution is 2.06. The SMILES string of the molecule is CCOC(=O)C(C)CN(CCN(C)C)CC(C)C. The van der Waals surface area contributed by atoms with E-state index in [2.05, 4.69) is 37.7 Å². The molecule has 0 N–H and O–H groups in total. The summed E-state index contributed by atoms with van der Waals surface area (Å²) in [5.74, 6) is 0.475. The molecule has 18 heavy (non-hydrogen) atoms. The molecule has 108 valence electrons. The third-order valence-corrected chi connectivity index (χ3v) is 2.71. The number of ether oxygens (including phenoxy) is 1.